The molecule has 34 heavy (non-hydrogen) atoms. The van der Waals surface area contributed by atoms with Crippen molar-refractivity contribution < 1.29 is 24.5 Å². The van der Waals surface area contributed by atoms with Gasteiger partial charge in [-0.05, 0) is 48.5 Å². The summed E-state index contributed by atoms with van der Waals surface area (Å²) in [5.41, 5.74) is 2.56. The minimum Gasteiger partial charge on any atom is -0.481 e. The lowest BCUT2D eigenvalue weighted by molar-refractivity contribution is -0.139. The van der Waals surface area contributed by atoms with E-state index in [1.165, 1.54) is 18.2 Å². The normalized spacial score (nSPS) is 13.5. The van der Waals surface area contributed by atoms with Crippen molar-refractivity contribution in [3.8, 4) is 22.5 Å². The molecule has 0 fully saturated rings. The number of aromatic nitrogens is 2. The smallest absolute Gasteiger partial charge is 0.305 e. The Kier molecular flexibility index (Phi) is 8.49. The van der Waals surface area contributed by atoms with E-state index in [1.807, 2.05) is 13.8 Å². The molecule has 0 saturated heterocycles. The minimum absolute atomic E-state index is 0.0259. The van der Waals surface area contributed by atoms with Crippen molar-refractivity contribution in [1.29, 1.82) is 0 Å². The maximum absolute atomic E-state index is 13.6. The Labute approximate surface area is 206 Å². The predicted octanol–water partition coefficient (Wildman–Crippen LogP) is 5.84. The van der Waals surface area contributed by atoms with Gasteiger partial charge in [-0.25, -0.2) is 9.37 Å². The highest BCUT2D eigenvalue weighted by Gasteiger charge is 2.22. The van der Waals surface area contributed by atoms with Gasteiger partial charge in [0.2, 0.25) is 0 Å². The number of nitrogens with zero attached hydrogens (tertiary/aromatic N) is 2. The molecule has 0 radical (unpaired) electrons. The van der Waals surface area contributed by atoms with Crippen molar-refractivity contribution in [2.24, 2.45) is 0 Å². The van der Waals surface area contributed by atoms with Crippen LogP contribution in [0.4, 0.5) is 4.39 Å². The molecule has 3 N–H and O–H groups in total. The van der Waals surface area contributed by atoms with Crippen LogP contribution in [-0.4, -0.2) is 43.0 Å². The fraction of sp³-hybridized carbons (Fsp3) is 0.280. The molecular weight excluding hydrogens is 482 g/mol. The van der Waals surface area contributed by atoms with Gasteiger partial charge in [0.05, 0.1) is 30.0 Å². The molecule has 1 heterocycles. The zero-order valence-corrected chi connectivity index (χ0v) is 20.1. The van der Waals surface area contributed by atoms with Crippen LogP contribution in [0.1, 0.15) is 38.4 Å². The first-order chi connectivity index (χ1) is 16.0. The van der Waals surface area contributed by atoms with E-state index in [4.69, 9.17) is 33.3 Å². The van der Waals surface area contributed by atoms with Gasteiger partial charge in [-0.15, -0.1) is 0 Å². The third-order valence-corrected chi connectivity index (χ3v) is 5.53. The lowest BCUT2D eigenvalue weighted by Gasteiger charge is -2.14. The van der Waals surface area contributed by atoms with Gasteiger partial charge in [0.1, 0.15) is 11.6 Å². The van der Waals surface area contributed by atoms with Crippen molar-refractivity contribution in [2.45, 2.75) is 44.8 Å². The Balaban J connectivity index is 2.15. The highest BCUT2D eigenvalue weighted by molar-refractivity contribution is 6.35. The van der Waals surface area contributed by atoms with Crippen LogP contribution in [0.5, 0.6) is 0 Å². The molecule has 0 aliphatic rings. The van der Waals surface area contributed by atoms with Gasteiger partial charge in [0.25, 0.3) is 0 Å². The highest BCUT2D eigenvalue weighted by Crippen LogP contribution is 2.37. The van der Waals surface area contributed by atoms with E-state index in [2.05, 4.69) is 0 Å². The fourth-order valence-electron chi connectivity index (χ4n) is 3.61. The van der Waals surface area contributed by atoms with E-state index in [1.54, 1.807) is 41.1 Å². The molecule has 6 nitrogen and oxygen atoms in total. The average Bonchev–Trinajstić information content (AvgIpc) is 3.11. The third kappa shape index (κ3) is 6.45. The number of carboxylic acid groups (broad SMARTS) is 1. The van der Waals surface area contributed by atoms with Crippen molar-refractivity contribution in [3.05, 3.63) is 70.2 Å². The summed E-state index contributed by atoms with van der Waals surface area (Å²) in [4.78, 5) is 15.6. The number of rotatable bonds is 9. The maximum Gasteiger partial charge on any atom is 0.305 e. The molecule has 0 amide bonds. The molecule has 0 aliphatic carbocycles. The summed E-state index contributed by atoms with van der Waals surface area (Å²) in [6.45, 7) is 3.92. The summed E-state index contributed by atoms with van der Waals surface area (Å²) < 4.78 is 15.4. The van der Waals surface area contributed by atoms with Crippen molar-refractivity contribution >= 4 is 35.4 Å². The second-order valence-electron chi connectivity index (χ2n) is 8.25. The second kappa shape index (κ2) is 11.1. The van der Waals surface area contributed by atoms with Crippen LogP contribution in [0.25, 0.3) is 28.7 Å². The Morgan fingerprint density at radius 2 is 1.71 bits per heavy atom. The van der Waals surface area contributed by atoms with Gasteiger partial charge in [0, 0.05) is 39.7 Å². The van der Waals surface area contributed by atoms with Crippen LogP contribution in [-0.2, 0) is 4.79 Å². The van der Waals surface area contributed by atoms with Gasteiger partial charge in [0.15, 0.2) is 0 Å². The molecule has 2 atom stereocenters. The number of hydrogen-bond acceptors (Lipinski definition) is 4. The zero-order chi connectivity index (χ0) is 25.0. The largest absolute Gasteiger partial charge is 0.481 e. The summed E-state index contributed by atoms with van der Waals surface area (Å²) >= 11 is 12.5. The van der Waals surface area contributed by atoms with Gasteiger partial charge in [-0.1, -0.05) is 37.0 Å². The lowest BCUT2D eigenvalue weighted by Crippen LogP contribution is -2.19. The summed E-state index contributed by atoms with van der Waals surface area (Å²) in [5, 5.41) is 29.9. The lowest BCUT2D eigenvalue weighted by atomic mass is 10.0. The van der Waals surface area contributed by atoms with Crippen molar-refractivity contribution in [1.82, 2.24) is 9.55 Å². The second-order valence-corrected chi connectivity index (χ2v) is 9.13. The van der Waals surface area contributed by atoms with Crippen LogP contribution < -0.4 is 0 Å². The third-order valence-electron chi connectivity index (χ3n) is 5.09. The molecule has 0 unspecified atom stereocenters. The maximum atomic E-state index is 13.6. The first-order valence-electron chi connectivity index (χ1n) is 10.7. The molecule has 2 aromatic carbocycles. The van der Waals surface area contributed by atoms with E-state index in [0.29, 0.717) is 38.4 Å². The average molecular weight is 507 g/mol. The molecule has 9 heteroatoms. The number of aliphatic hydroxyl groups is 2. The number of aliphatic carboxylic acids is 1. The molecule has 0 aliphatic heterocycles. The number of halogens is 3. The van der Waals surface area contributed by atoms with Crippen molar-refractivity contribution in [2.75, 3.05) is 0 Å². The number of carboxylic acids is 1. The number of benzene rings is 2. The quantitative estimate of drug-likeness (QED) is 0.338. The van der Waals surface area contributed by atoms with Crippen LogP contribution in [0.3, 0.4) is 0 Å². The Bertz CT molecular complexity index is 1170. The summed E-state index contributed by atoms with van der Waals surface area (Å²) in [6, 6.07) is 11.0. The summed E-state index contributed by atoms with van der Waals surface area (Å²) in [5.74, 6) is -0.881. The van der Waals surface area contributed by atoms with Gasteiger partial charge in [-0.2, -0.15) is 0 Å². The SMILES string of the molecule is CC(C)c1nc(-c2ccc(F)cc2)c(-c2cc(Cl)cc(Cl)c2)n1/C=C/[C@@H](O)C[C@@H](O)CC(=O)O. The van der Waals surface area contributed by atoms with Crippen molar-refractivity contribution in [3.63, 3.8) is 0 Å². The summed E-state index contributed by atoms with van der Waals surface area (Å²) in [6.07, 6.45) is 0.194. The Morgan fingerprint density at radius 1 is 1.09 bits per heavy atom. The predicted molar refractivity (Wildman–Crippen MR) is 131 cm³/mol. The first-order valence-corrected chi connectivity index (χ1v) is 11.4. The molecule has 3 rings (SSSR count). The summed E-state index contributed by atoms with van der Waals surface area (Å²) in [7, 11) is 0. The molecule has 0 spiro atoms. The number of imidazole rings is 1. The molecule has 0 saturated carbocycles. The standard InChI is InChI=1S/C25H25Cl2FN2O4/c1-14(2)25-29-23(15-3-5-19(28)6-4-15)24(16-9-17(26)11-18(27)10-16)30(25)8-7-20(31)12-21(32)13-22(33)34/h3-11,14,20-21,31-32H,12-13H2,1-2H3,(H,33,34)/b8-7+/t20-,21-/m1/s1. The van der Waals surface area contributed by atoms with Crippen LogP contribution >= 0.6 is 23.2 Å². The van der Waals surface area contributed by atoms with Gasteiger partial charge in [-0.3, -0.25) is 4.79 Å². The topological polar surface area (TPSA) is 95.6 Å². The Morgan fingerprint density at radius 3 is 2.26 bits per heavy atom. The molecular formula is C25H25Cl2FN2O4. The van der Waals surface area contributed by atoms with Crippen LogP contribution in [0, 0.1) is 5.82 Å². The first kappa shape index (κ1) is 25.9. The van der Waals surface area contributed by atoms with E-state index < -0.39 is 24.6 Å². The number of hydrogen-bond donors (Lipinski definition) is 3. The van der Waals surface area contributed by atoms with E-state index >= 15 is 0 Å². The van der Waals surface area contributed by atoms with E-state index in [-0.39, 0.29) is 18.2 Å². The molecule has 180 valence electrons. The van der Waals surface area contributed by atoms with Gasteiger partial charge >= 0.3 is 5.97 Å². The Hall–Kier alpha value is -2.71. The van der Waals surface area contributed by atoms with Gasteiger partial charge < -0.3 is 19.9 Å². The van der Waals surface area contributed by atoms with E-state index in [0.717, 1.165) is 0 Å². The molecule has 0 bridgehead atoms. The highest BCUT2D eigenvalue weighted by atomic mass is 35.5. The number of carbonyl (C=O) groups is 1. The van der Waals surface area contributed by atoms with E-state index in [9.17, 15) is 19.4 Å². The minimum atomic E-state index is -1.19. The monoisotopic (exact) mass is 506 g/mol. The zero-order valence-electron chi connectivity index (χ0n) is 18.6. The van der Waals surface area contributed by atoms with Crippen LogP contribution in [0.15, 0.2) is 48.5 Å². The molecule has 3 aromatic rings. The molecule has 1 aromatic heterocycles. The fourth-order valence-corrected chi connectivity index (χ4v) is 4.14. The van der Waals surface area contributed by atoms with Crippen LogP contribution in [0.2, 0.25) is 10.0 Å². The number of aliphatic hydroxyl groups excluding tert-OH is 2.